The van der Waals surface area contributed by atoms with Crippen molar-refractivity contribution in [1.29, 1.82) is 0 Å². The van der Waals surface area contributed by atoms with Crippen LogP contribution >= 0.6 is 0 Å². The molecule has 0 amide bonds. The molecule has 0 aliphatic carbocycles. The molecule has 0 heterocycles. The van der Waals surface area contributed by atoms with Crippen molar-refractivity contribution in [3.05, 3.63) is 23.8 Å². The SMILES string of the molecule is COCC(CCCN)NCc1ccc(OC)c(OC)c1. The normalized spacial score (nSPS) is 12.2. The minimum atomic E-state index is 0.316. The van der Waals surface area contributed by atoms with Crippen LogP contribution in [0, 0.1) is 0 Å². The van der Waals surface area contributed by atoms with E-state index in [0.29, 0.717) is 19.2 Å². The van der Waals surface area contributed by atoms with Gasteiger partial charge in [-0.15, -0.1) is 0 Å². The highest BCUT2D eigenvalue weighted by atomic mass is 16.5. The Bertz CT molecular complexity index is 385. The predicted octanol–water partition coefficient (Wildman–Crippen LogP) is 1.55. The summed E-state index contributed by atoms with van der Waals surface area (Å²) in [6.07, 6.45) is 2.00. The highest BCUT2D eigenvalue weighted by Gasteiger charge is 2.09. The van der Waals surface area contributed by atoms with Crippen molar-refractivity contribution >= 4 is 0 Å². The second-order valence-corrected chi connectivity index (χ2v) is 4.65. The number of rotatable bonds is 10. The molecule has 1 unspecified atom stereocenters. The van der Waals surface area contributed by atoms with Crippen molar-refractivity contribution in [3.8, 4) is 11.5 Å². The minimum Gasteiger partial charge on any atom is -0.493 e. The number of nitrogens with two attached hydrogens (primary N) is 1. The molecule has 114 valence electrons. The quantitative estimate of drug-likeness (QED) is 0.681. The molecule has 1 atom stereocenters. The fourth-order valence-electron chi connectivity index (χ4n) is 2.06. The summed E-state index contributed by atoms with van der Waals surface area (Å²) in [5.74, 6) is 1.49. The summed E-state index contributed by atoms with van der Waals surface area (Å²) in [6.45, 7) is 2.16. The molecule has 0 aliphatic rings. The molecular weight excluding hydrogens is 256 g/mol. The van der Waals surface area contributed by atoms with Crippen molar-refractivity contribution in [1.82, 2.24) is 5.32 Å². The van der Waals surface area contributed by atoms with Gasteiger partial charge in [0.15, 0.2) is 11.5 Å². The van der Waals surface area contributed by atoms with E-state index in [1.165, 1.54) is 0 Å². The predicted molar refractivity (Wildman–Crippen MR) is 80.3 cm³/mol. The van der Waals surface area contributed by atoms with Gasteiger partial charge in [-0.25, -0.2) is 0 Å². The number of nitrogens with one attached hydrogen (secondary N) is 1. The van der Waals surface area contributed by atoms with Gasteiger partial charge in [0.05, 0.1) is 20.8 Å². The van der Waals surface area contributed by atoms with Gasteiger partial charge in [-0.3, -0.25) is 0 Å². The average molecular weight is 282 g/mol. The third kappa shape index (κ3) is 5.36. The lowest BCUT2D eigenvalue weighted by Crippen LogP contribution is -2.33. The van der Waals surface area contributed by atoms with Crippen molar-refractivity contribution in [3.63, 3.8) is 0 Å². The highest BCUT2D eigenvalue weighted by molar-refractivity contribution is 5.42. The molecule has 0 bridgehead atoms. The lowest BCUT2D eigenvalue weighted by molar-refractivity contribution is 0.161. The maximum atomic E-state index is 5.55. The molecule has 0 saturated heterocycles. The maximum absolute atomic E-state index is 5.55. The van der Waals surface area contributed by atoms with Crippen LogP contribution in [0.15, 0.2) is 18.2 Å². The molecule has 0 aliphatic heterocycles. The van der Waals surface area contributed by atoms with Gasteiger partial charge in [0.25, 0.3) is 0 Å². The van der Waals surface area contributed by atoms with E-state index in [2.05, 4.69) is 5.32 Å². The monoisotopic (exact) mass is 282 g/mol. The van der Waals surface area contributed by atoms with Crippen LogP contribution in [0.4, 0.5) is 0 Å². The van der Waals surface area contributed by atoms with E-state index in [9.17, 15) is 0 Å². The zero-order valence-corrected chi connectivity index (χ0v) is 12.6. The van der Waals surface area contributed by atoms with Gasteiger partial charge in [-0.05, 0) is 37.1 Å². The summed E-state index contributed by atoms with van der Waals surface area (Å²) < 4.78 is 15.8. The molecule has 0 saturated carbocycles. The number of hydrogen-bond donors (Lipinski definition) is 2. The van der Waals surface area contributed by atoms with Gasteiger partial charge in [-0.2, -0.15) is 0 Å². The number of benzene rings is 1. The Morgan fingerprint density at radius 1 is 1.15 bits per heavy atom. The fourth-order valence-corrected chi connectivity index (χ4v) is 2.06. The van der Waals surface area contributed by atoms with Crippen molar-refractivity contribution < 1.29 is 14.2 Å². The summed E-state index contributed by atoms with van der Waals surface area (Å²) in [7, 11) is 4.99. The molecule has 1 rings (SSSR count). The van der Waals surface area contributed by atoms with E-state index in [4.69, 9.17) is 19.9 Å². The Balaban J connectivity index is 2.58. The largest absolute Gasteiger partial charge is 0.493 e. The maximum Gasteiger partial charge on any atom is 0.161 e. The Labute approximate surface area is 121 Å². The first-order valence-electron chi connectivity index (χ1n) is 6.88. The topological polar surface area (TPSA) is 65.7 Å². The zero-order chi connectivity index (χ0) is 14.8. The summed E-state index contributed by atoms with van der Waals surface area (Å²) in [5.41, 5.74) is 6.70. The molecule has 1 aromatic rings. The van der Waals surface area contributed by atoms with Gasteiger partial charge >= 0.3 is 0 Å². The van der Waals surface area contributed by atoms with Gasteiger partial charge < -0.3 is 25.3 Å². The van der Waals surface area contributed by atoms with E-state index >= 15 is 0 Å². The molecule has 0 fully saturated rings. The summed E-state index contributed by atoms with van der Waals surface area (Å²) in [6, 6.07) is 6.25. The Morgan fingerprint density at radius 3 is 2.50 bits per heavy atom. The Kier molecular flexibility index (Phi) is 8.02. The van der Waals surface area contributed by atoms with Crippen LogP contribution in [-0.2, 0) is 11.3 Å². The fraction of sp³-hybridized carbons (Fsp3) is 0.600. The first-order chi connectivity index (χ1) is 9.74. The van der Waals surface area contributed by atoms with Crippen LogP contribution in [0.2, 0.25) is 0 Å². The molecule has 1 aromatic carbocycles. The number of ether oxygens (including phenoxy) is 3. The average Bonchev–Trinajstić information content (AvgIpc) is 2.49. The van der Waals surface area contributed by atoms with Crippen LogP contribution in [0.25, 0.3) is 0 Å². The minimum absolute atomic E-state index is 0.316. The van der Waals surface area contributed by atoms with E-state index in [1.54, 1.807) is 21.3 Å². The smallest absolute Gasteiger partial charge is 0.161 e. The van der Waals surface area contributed by atoms with E-state index in [0.717, 1.165) is 36.4 Å². The third-order valence-corrected chi connectivity index (χ3v) is 3.17. The molecule has 20 heavy (non-hydrogen) atoms. The number of methoxy groups -OCH3 is 3. The second kappa shape index (κ2) is 9.58. The highest BCUT2D eigenvalue weighted by Crippen LogP contribution is 2.27. The van der Waals surface area contributed by atoms with Crippen LogP contribution in [0.3, 0.4) is 0 Å². The third-order valence-electron chi connectivity index (χ3n) is 3.17. The molecule has 0 spiro atoms. The Hall–Kier alpha value is -1.30. The number of hydrogen-bond acceptors (Lipinski definition) is 5. The summed E-state index contributed by atoms with van der Waals surface area (Å²) in [5, 5.41) is 3.48. The molecule has 3 N–H and O–H groups in total. The van der Waals surface area contributed by atoms with Crippen molar-refractivity contribution in [2.24, 2.45) is 5.73 Å². The van der Waals surface area contributed by atoms with Crippen LogP contribution in [0.1, 0.15) is 18.4 Å². The first-order valence-corrected chi connectivity index (χ1v) is 6.88. The van der Waals surface area contributed by atoms with Crippen molar-refractivity contribution in [2.45, 2.75) is 25.4 Å². The van der Waals surface area contributed by atoms with E-state index in [1.807, 2.05) is 18.2 Å². The molecular formula is C15H26N2O3. The lowest BCUT2D eigenvalue weighted by Gasteiger charge is -2.18. The Morgan fingerprint density at radius 2 is 1.90 bits per heavy atom. The van der Waals surface area contributed by atoms with Crippen LogP contribution in [-0.4, -0.2) is 40.5 Å². The van der Waals surface area contributed by atoms with Crippen LogP contribution < -0.4 is 20.5 Å². The van der Waals surface area contributed by atoms with Gasteiger partial charge in [0.2, 0.25) is 0 Å². The van der Waals surface area contributed by atoms with Crippen molar-refractivity contribution in [2.75, 3.05) is 34.5 Å². The van der Waals surface area contributed by atoms with Gasteiger partial charge in [-0.1, -0.05) is 6.07 Å². The van der Waals surface area contributed by atoms with Gasteiger partial charge in [0.1, 0.15) is 0 Å². The summed E-state index contributed by atoms with van der Waals surface area (Å²) >= 11 is 0. The van der Waals surface area contributed by atoms with E-state index < -0.39 is 0 Å². The second-order valence-electron chi connectivity index (χ2n) is 4.65. The standard InChI is InChI=1S/C15H26N2O3/c1-18-11-13(5-4-8-16)17-10-12-6-7-14(19-2)15(9-12)20-3/h6-7,9,13,17H,4-5,8,10-11,16H2,1-3H3. The molecule has 0 radical (unpaired) electrons. The van der Waals surface area contributed by atoms with Gasteiger partial charge in [0, 0.05) is 19.7 Å². The van der Waals surface area contributed by atoms with E-state index in [-0.39, 0.29) is 0 Å². The first kappa shape index (κ1) is 16.8. The van der Waals surface area contributed by atoms with Crippen LogP contribution in [0.5, 0.6) is 11.5 Å². The summed E-state index contributed by atoms with van der Waals surface area (Å²) in [4.78, 5) is 0. The zero-order valence-electron chi connectivity index (χ0n) is 12.6. The molecule has 5 nitrogen and oxygen atoms in total. The molecule has 0 aromatic heterocycles. The molecule has 5 heteroatoms. The lowest BCUT2D eigenvalue weighted by atomic mass is 10.1.